The van der Waals surface area contributed by atoms with Crippen LogP contribution in [0, 0.1) is 5.82 Å². The molecule has 0 N–H and O–H groups in total. The lowest BCUT2D eigenvalue weighted by Crippen LogP contribution is -2.52. The Balaban J connectivity index is 1.65. The molecule has 9 heteroatoms. The average Bonchev–Trinajstić information content (AvgIpc) is 2.76. The number of ether oxygens (including phenoxy) is 1. The van der Waals surface area contributed by atoms with Crippen LogP contribution in [0.25, 0.3) is 0 Å². The second-order valence-electron chi connectivity index (χ2n) is 7.43. The lowest BCUT2D eigenvalue weighted by atomic mass is 10.2. The first kappa shape index (κ1) is 22.9. The third kappa shape index (κ3) is 5.88. The summed E-state index contributed by atoms with van der Waals surface area (Å²) in [5.74, 6) is 0.0662. The van der Waals surface area contributed by atoms with Gasteiger partial charge in [-0.25, -0.2) is 12.8 Å². The molecule has 1 amide bonds. The van der Waals surface area contributed by atoms with Gasteiger partial charge in [0.05, 0.1) is 24.2 Å². The van der Waals surface area contributed by atoms with Gasteiger partial charge in [-0.1, -0.05) is 19.1 Å². The quantitative estimate of drug-likeness (QED) is 0.620. The van der Waals surface area contributed by atoms with Crippen LogP contribution in [-0.4, -0.2) is 64.8 Å². The van der Waals surface area contributed by atoms with Crippen molar-refractivity contribution in [3.05, 3.63) is 54.3 Å². The number of amides is 1. The van der Waals surface area contributed by atoms with Crippen molar-refractivity contribution in [3.63, 3.8) is 0 Å². The highest BCUT2D eigenvalue weighted by atomic mass is 32.2. The van der Waals surface area contributed by atoms with Crippen LogP contribution < -0.4 is 13.9 Å². The van der Waals surface area contributed by atoms with Crippen molar-refractivity contribution in [2.24, 2.45) is 0 Å². The summed E-state index contributed by atoms with van der Waals surface area (Å²) in [7, 11) is -3.66. The molecular formula is C22H28FN3O4S. The van der Waals surface area contributed by atoms with E-state index in [1.165, 1.54) is 6.07 Å². The molecule has 0 aliphatic carbocycles. The lowest BCUT2D eigenvalue weighted by molar-refractivity contribution is -0.129. The number of sulfonamides is 1. The summed E-state index contributed by atoms with van der Waals surface area (Å²) in [5.41, 5.74) is 0.919. The van der Waals surface area contributed by atoms with Crippen LogP contribution in [0.2, 0.25) is 0 Å². The maximum atomic E-state index is 14.0. The highest BCUT2D eigenvalue weighted by Gasteiger charge is 2.27. The van der Waals surface area contributed by atoms with Gasteiger partial charge in [-0.2, -0.15) is 0 Å². The molecule has 0 saturated carbocycles. The van der Waals surface area contributed by atoms with Gasteiger partial charge in [0.25, 0.3) is 0 Å². The predicted molar refractivity (Wildman–Crippen MR) is 120 cm³/mol. The first-order valence-electron chi connectivity index (χ1n) is 10.3. The van der Waals surface area contributed by atoms with E-state index in [4.69, 9.17) is 4.74 Å². The van der Waals surface area contributed by atoms with Crippen molar-refractivity contribution in [1.82, 2.24) is 4.90 Å². The van der Waals surface area contributed by atoms with E-state index in [-0.39, 0.29) is 18.3 Å². The fourth-order valence-electron chi connectivity index (χ4n) is 3.46. The normalized spacial score (nSPS) is 14.4. The minimum atomic E-state index is -3.66. The molecule has 0 bridgehead atoms. The van der Waals surface area contributed by atoms with E-state index >= 15 is 0 Å². The van der Waals surface area contributed by atoms with Crippen LogP contribution in [0.4, 0.5) is 15.8 Å². The number of hydrogen-bond acceptors (Lipinski definition) is 5. The number of anilines is 2. The molecule has 0 unspecified atom stereocenters. The molecule has 2 aromatic carbocycles. The molecule has 1 saturated heterocycles. The molecule has 0 radical (unpaired) electrons. The van der Waals surface area contributed by atoms with Crippen LogP contribution in [0.1, 0.15) is 13.3 Å². The Bertz CT molecular complexity index is 990. The third-order valence-corrected chi connectivity index (χ3v) is 6.24. The minimum absolute atomic E-state index is 0.284. The Hall–Kier alpha value is -2.81. The molecule has 1 fully saturated rings. The lowest BCUT2D eigenvalue weighted by Gasteiger charge is -2.37. The van der Waals surface area contributed by atoms with Crippen molar-refractivity contribution < 1.29 is 22.3 Å². The van der Waals surface area contributed by atoms with E-state index in [1.807, 2.05) is 11.8 Å². The SMILES string of the molecule is CCCOc1ccc(N(CC(=O)N2CCN(c3ccccc3F)CC2)S(C)(=O)=O)cc1. The van der Waals surface area contributed by atoms with Gasteiger partial charge in [0.1, 0.15) is 18.1 Å². The first-order chi connectivity index (χ1) is 14.8. The Labute approximate surface area is 183 Å². The van der Waals surface area contributed by atoms with Gasteiger partial charge in [-0.3, -0.25) is 9.10 Å². The predicted octanol–water partition coefficient (Wildman–Crippen LogP) is 2.73. The van der Waals surface area contributed by atoms with Crippen LogP contribution >= 0.6 is 0 Å². The van der Waals surface area contributed by atoms with E-state index in [2.05, 4.69) is 0 Å². The smallest absolute Gasteiger partial charge is 0.243 e. The number of carbonyl (C=O) groups excluding carboxylic acids is 1. The van der Waals surface area contributed by atoms with E-state index in [1.54, 1.807) is 47.4 Å². The van der Waals surface area contributed by atoms with Crippen molar-refractivity contribution >= 4 is 27.3 Å². The summed E-state index contributed by atoms with van der Waals surface area (Å²) < 4.78 is 45.4. The molecule has 0 aromatic heterocycles. The minimum Gasteiger partial charge on any atom is -0.494 e. The third-order valence-electron chi connectivity index (χ3n) is 5.10. The van der Waals surface area contributed by atoms with Gasteiger partial charge in [0.2, 0.25) is 15.9 Å². The number of para-hydroxylation sites is 1. The van der Waals surface area contributed by atoms with Crippen molar-refractivity contribution in [1.29, 1.82) is 0 Å². The summed E-state index contributed by atoms with van der Waals surface area (Å²) in [6.45, 7) is 4.05. The average molecular weight is 450 g/mol. The number of benzene rings is 2. The summed E-state index contributed by atoms with van der Waals surface area (Å²) in [6.07, 6.45) is 1.95. The first-order valence-corrected chi connectivity index (χ1v) is 12.1. The topological polar surface area (TPSA) is 70.2 Å². The highest BCUT2D eigenvalue weighted by Crippen LogP contribution is 2.23. The fraction of sp³-hybridized carbons (Fsp3) is 0.409. The van der Waals surface area contributed by atoms with E-state index in [9.17, 15) is 17.6 Å². The Kier molecular flexibility index (Phi) is 7.37. The fourth-order valence-corrected chi connectivity index (χ4v) is 4.31. The van der Waals surface area contributed by atoms with Crippen LogP contribution in [-0.2, 0) is 14.8 Å². The molecular weight excluding hydrogens is 421 g/mol. The van der Waals surface area contributed by atoms with Gasteiger partial charge in [0, 0.05) is 26.2 Å². The Morgan fingerprint density at radius 1 is 1.06 bits per heavy atom. The maximum Gasteiger partial charge on any atom is 0.243 e. The Morgan fingerprint density at radius 3 is 2.29 bits per heavy atom. The molecule has 3 rings (SSSR count). The number of carbonyl (C=O) groups is 1. The number of halogens is 1. The van der Waals surface area contributed by atoms with Gasteiger partial charge < -0.3 is 14.5 Å². The zero-order valence-electron chi connectivity index (χ0n) is 17.8. The number of rotatable bonds is 8. The maximum absolute atomic E-state index is 14.0. The zero-order chi connectivity index (χ0) is 22.4. The van der Waals surface area contributed by atoms with Crippen molar-refractivity contribution in [2.75, 3.05) is 54.8 Å². The van der Waals surface area contributed by atoms with Gasteiger partial charge in [0.15, 0.2) is 0 Å². The van der Waals surface area contributed by atoms with Crippen LogP contribution in [0.5, 0.6) is 5.75 Å². The largest absolute Gasteiger partial charge is 0.494 e. The molecule has 1 heterocycles. The van der Waals surface area contributed by atoms with Crippen LogP contribution in [0.3, 0.4) is 0 Å². The summed E-state index contributed by atoms with van der Waals surface area (Å²) in [4.78, 5) is 16.4. The number of nitrogens with zero attached hydrogens (tertiary/aromatic N) is 3. The number of hydrogen-bond donors (Lipinski definition) is 0. The van der Waals surface area contributed by atoms with Crippen molar-refractivity contribution in [2.45, 2.75) is 13.3 Å². The second-order valence-corrected chi connectivity index (χ2v) is 9.34. The number of piperazine rings is 1. The highest BCUT2D eigenvalue weighted by molar-refractivity contribution is 7.92. The molecule has 7 nitrogen and oxygen atoms in total. The van der Waals surface area contributed by atoms with E-state index < -0.39 is 10.0 Å². The molecule has 168 valence electrons. The molecule has 1 aliphatic rings. The summed E-state index contributed by atoms with van der Waals surface area (Å²) >= 11 is 0. The van der Waals surface area contributed by atoms with E-state index in [0.717, 1.165) is 17.0 Å². The van der Waals surface area contributed by atoms with Gasteiger partial charge in [-0.05, 0) is 42.8 Å². The molecule has 0 atom stereocenters. The standard InChI is InChI=1S/C22H28FN3O4S/c1-3-16-30-19-10-8-18(9-11-19)26(31(2,28)29)17-22(27)25-14-12-24(13-15-25)21-7-5-4-6-20(21)23/h4-11H,3,12-17H2,1-2H3. The summed E-state index contributed by atoms with van der Waals surface area (Å²) in [6, 6.07) is 13.2. The monoisotopic (exact) mass is 449 g/mol. The molecule has 31 heavy (non-hydrogen) atoms. The van der Waals surface area contributed by atoms with Gasteiger partial charge >= 0.3 is 0 Å². The summed E-state index contributed by atoms with van der Waals surface area (Å²) in [5, 5.41) is 0. The van der Waals surface area contributed by atoms with Gasteiger partial charge in [-0.15, -0.1) is 0 Å². The molecule has 1 aliphatic heterocycles. The molecule has 0 spiro atoms. The zero-order valence-corrected chi connectivity index (χ0v) is 18.6. The van der Waals surface area contributed by atoms with E-state index in [0.29, 0.717) is 49.9 Å². The Morgan fingerprint density at radius 2 is 1.71 bits per heavy atom. The second kappa shape index (κ2) is 10.00. The van der Waals surface area contributed by atoms with Crippen LogP contribution in [0.15, 0.2) is 48.5 Å². The van der Waals surface area contributed by atoms with Crippen molar-refractivity contribution in [3.8, 4) is 5.75 Å². The molecule has 2 aromatic rings.